The van der Waals surface area contributed by atoms with Crippen LogP contribution in [0.2, 0.25) is 0 Å². The van der Waals surface area contributed by atoms with Gasteiger partial charge in [0.1, 0.15) is 6.10 Å². The first-order valence-corrected chi connectivity index (χ1v) is 6.44. The summed E-state index contributed by atoms with van der Waals surface area (Å²) < 4.78 is 6.67. The van der Waals surface area contributed by atoms with Crippen LogP contribution in [0.3, 0.4) is 0 Å². The lowest BCUT2D eigenvalue weighted by Gasteiger charge is -2.12. The number of hydrogen-bond donors (Lipinski definition) is 1. The van der Waals surface area contributed by atoms with Gasteiger partial charge in [-0.25, -0.2) is 9.67 Å². The first kappa shape index (κ1) is 13.3. The molecule has 106 valence electrons. The molecule has 0 saturated carbocycles. The van der Waals surface area contributed by atoms with Crippen LogP contribution in [0.25, 0.3) is 5.69 Å². The summed E-state index contributed by atoms with van der Waals surface area (Å²) in [6.07, 6.45) is 0.592. The molecule has 6 heteroatoms. The number of methoxy groups -OCH3 is 1. The van der Waals surface area contributed by atoms with E-state index in [1.54, 1.807) is 22.9 Å². The van der Waals surface area contributed by atoms with Gasteiger partial charge in [-0.05, 0) is 18.2 Å². The molecular weight excluding hydrogens is 268 g/mol. The van der Waals surface area contributed by atoms with Crippen LogP contribution < -0.4 is 4.74 Å². The molecule has 0 aliphatic rings. The number of aliphatic hydroxyl groups is 1. The van der Waals surface area contributed by atoms with E-state index >= 15 is 0 Å². The molecule has 0 aliphatic heterocycles. The molecule has 0 amide bonds. The van der Waals surface area contributed by atoms with E-state index in [1.807, 2.05) is 30.3 Å². The van der Waals surface area contributed by atoms with E-state index in [0.29, 0.717) is 17.3 Å². The minimum atomic E-state index is -0.935. The van der Waals surface area contributed by atoms with Gasteiger partial charge in [0.05, 0.1) is 30.4 Å². The highest BCUT2D eigenvalue weighted by Crippen LogP contribution is 2.23. The molecule has 1 atom stereocenters. The number of aliphatic hydroxyl groups excluding tert-OH is 1. The third kappa shape index (κ3) is 2.61. The Morgan fingerprint density at radius 3 is 2.67 bits per heavy atom. The molecule has 21 heavy (non-hydrogen) atoms. The van der Waals surface area contributed by atoms with E-state index < -0.39 is 6.10 Å². The molecule has 0 bridgehead atoms. The van der Waals surface area contributed by atoms with Gasteiger partial charge in [-0.2, -0.15) is 0 Å². The molecule has 1 N–H and O–H groups in total. The number of aromatic nitrogens is 4. The number of hydrogen-bond acceptors (Lipinski definition) is 5. The van der Waals surface area contributed by atoms with Gasteiger partial charge in [0.25, 0.3) is 0 Å². The largest absolute Gasteiger partial charge is 0.481 e. The van der Waals surface area contributed by atoms with Crippen LogP contribution >= 0.6 is 0 Å². The number of pyridine rings is 1. The topological polar surface area (TPSA) is 73.1 Å². The molecule has 0 radical (unpaired) electrons. The van der Waals surface area contributed by atoms with E-state index in [-0.39, 0.29) is 0 Å². The maximum Gasteiger partial charge on any atom is 0.213 e. The molecule has 0 spiro atoms. The predicted octanol–water partition coefficient (Wildman–Crippen LogP) is 1.75. The molecule has 2 aromatic heterocycles. The van der Waals surface area contributed by atoms with E-state index in [2.05, 4.69) is 15.3 Å². The molecule has 0 saturated heterocycles. The van der Waals surface area contributed by atoms with Gasteiger partial charge in [-0.15, -0.1) is 5.10 Å². The van der Waals surface area contributed by atoms with E-state index in [0.717, 1.165) is 5.69 Å². The second-order valence-corrected chi connectivity index (χ2v) is 4.41. The Kier molecular flexibility index (Phi) is 3.61. The summed E-state index contributed by atoms with van der Waals surface area (Å²) in [5, 5.41) is 18.4. The van der Waals surface area contributed by atoms with Crippen LogP contribution in [0, 0.1) is 0 Å². The Morgan fingerprint density at radius 2 is 1.90 bits per heavy atom. The summed E-state index contributed by atoms with van der Waals surface area (Å²) in [4.78, 5) is 4.24. The van der Waals surface area contributed by atoms with Crippen molar-refractivity contribution in [3.05, 3.63) is 66.1 Å². The van der Waals surface area contributed by atoms with Crippen molar-refractivity contribution in [2.75, 3.05) is 7.11 Å². The second kappa shape index (κ2) is 5.72. The molecule has 3 aromatic rings. The van der Waals surface area contributed by atoms with Crippen molar-refractivity contribution in [1.29, 1.82) is 0 Å². The minimum absolute atomic E-state index is 0.449. The van der Waals surface area contributed by atoms with Crippen molar-refractivity contribution >= 4 is 0 Å². The van der Waals surface area contributed by atoms with Crippen molar-refractivity contribution in [3.63, 3.8) is 0 Å². The van der Waals surface area contributed by atoms with Crippen LogP contribution in [-0.2, 0) is 0 Å². The zero-order valence-electron chi connectivity index (χ0n) is 11.4. The van der Waals surface area contributed by atoms with Crippen molar-refractivity contribution in [2.24, 2.45) is 0 Å². The maximum absolute atomic E-state index is 10.5. The lowest BCUT2D eigenvalue weighted by Crippen LogP contribution is -2.10. The normalized spacial score (nSPS) is 12.1. The van der Waals surface area contributed by atoms with Crippen LogP contribution in [0.15, 0.2) is 54.7 Å². The Balaban J connectivity index is 1.99. The smallest absolute Gasteiger partial charge is 0.213 e. The Bertz CT molecular complexity index is 727. The van der Waals surface area contributed by atoms with E-state index in [4.69, 9.17) is 4.74 Å². The van der Waals surface area contributed by atoms with Gasteiger partial charge in [0, 0.05) is 6.07 Å². The summed E-state index contributed by atoms with van der Waals surface area (Å²) >= 11 is 0. The first-order valence-electron chi connectivity index (χ1n) is 6.44. The Labute approximate surface area is 121 Å². The fourth-order valence-electron chi connectivity index (χ4n) is 2.05. The Hall–Kier alpha value is -2.73. The summed E-state index contributed by atoms with van der Waals surface area (Å²) in [6, 6.07) is 14.7. The van der Waals surface area contributed by atoms with Crippen molar-refractivity contribution in [3.8, 4) is 11.6 Å². The van der Waals surface area contributed by atoms with E-state index in [1.165, 1.54) is 13.3 Å². The van der Waals surface area contributed by atoms with Gasteiger partial charge in [0.15, 0.2) is 0 Å². The summed E-state index contributed by atoms with van der Waals surface area (Å²) in [7, 11) is 1.54. The lowest BCUT2D eigenvalue weighted by molar-refractivity contribution is 0.205. The van der Waals surface area contributed by atoms with Crippen molar-refractivity contribution in [1.82, 2.24) is 20.0 Å². The number of ether oxygens (including phenoxy) is 1. The molecule has 2 heterocycles. The minimum Gasteiger partial charge on any atom is -0.481 e. The molecule has 0 fully saturated rings. The van der Waals surface area contributed by atoms with Gasteiger partial charge in [-0.3, -0.25) is 0 Å². The van der Waals surface area contributed by atoms with Crippen molar-refractivity contribution < 1.29 is 9.84 Å². The molecular formula is C15H14N4O2. The van der Waals surface area contributed by atoms with Gasteiger partial charge < -0.3 is 9.84 Å². The van der Waals surface area contributed by atoms with Gasteiger partial charge >= 0.3 is 0 Å². The second-order valence-electron chi connectivity index (χ2n) is 4.41. The van der Waals surface area contributed by atoms with Crippen LogP contribution in [0.5, 0.6) is 5.88 Å². The van der Waals surface area contributed by atoms with Crippen LogP contribution in [0.4, 0.5) is 0 Å². The summed E-state index contributed by atoms with van der Waals surface area (Å²) in [6.45, 7) is 0. The molecule has 3 rings (SSSR count). The Morgan fingerprint density at radius 1 is 1.10 bits per heavy atom. The molecule has 0 aliphatic carbocycles. The van der Waals surface area contributed by atoms with Gasteiger partial charge in [-0.1, -0.05) is 29.5 Å². The number of rotatable bonds is 4. The average molecular weight is 282 g/mol. The molecule has 6 nitrogen and oxygen atoms in total. The molecule has 1 unspecified atom stereocenters. The highest BCUT2D eigenvalue weighted by molar-refractivity contribution is 5.33. The predicted molar refractivity (Wildman–Crippen MR) is 76.2 cm³/mol. The van der Waals surface area contributed by atoms with Crippen LogP contribution in [0.1, 0.15) is 17.5 Å². The lowest BCUT2D eigenvalue weighted by atomic mass is 10.1. The number of benzene rings is 1. The quantitative estimate of drug-likeness (QED) is 0.789. The first-order chi connectivity index (χ1) is 10.3. The maximum atomic E-state index is 10.5. The van der Waals surface area contributed by atoms with Gasteiger partial charge in [0.2, 0.25) is 5.88 Å². The fraction of sp³-hybridized carbons (Fsp3) is 0.133. The zero-order chi connectivity index (χ0) is 14.7. The number of para-hydroxylation sites is 1. The molecule has 1 aromatic carbocycles. The van der Waals surface area contributed by atoms with Crippen molar-refractivity contribution in [2.45, 2.75) is 6.10 Å². The average Bonchev–Trinajstić information content (AvgIpc) is 3.04. The zero-order valence-corrected chi connectivity index (χ0v) is 11.4. The summed E-state index contributed by atoms with van der Waals surface area (Å²) in [5.74, 6) is 0.449. The summed E-state index contributed by atoms with van der Waals surface area (Å²) in [5.41, 5.74) is 1.85. The number of nitrogens with zero attached hydrogens (tertiary/aromatic N) is 4. The standard InChI is InChI=1S/C15H14N4O2/c1-21-14-9-5-8-12(17-14)15(20)13-10-16-18-19(13)11-6-3-2-4-7-11/h2-10,15,20H,1H3. The SMILES string of the molecule is COc1cccc(C(O)c2cnnn2-c2ccccc2)n1. The third-order valence-electron chi connectivity index (χ3n) is 3.09. The fourth-order valence-corrected chi connectivity index (χ4v) is 2.05. The highest BCUT2D eigenvalue weighted by atomic mass is 16.5. The monoisotopic (exact) mass is 282 g/mol. The highest BCUT2D eigenvalue weighted by Gasteiger charge is 2.19. The third-order valence-corrected chi connectivity index (χ3v) is 3.09. The van der Waals surface area contributed by atoms with E-state index in [9.17, 15) is 5.11 Å². The van der Waals surface area contributed by atoms with Crippen LogP contribution in [-0.4, -0.2) is 32.2 Å².